The summed E-state index contributed by atoms with van der Waals surface area (Å²) >= 11 is 0. The molecule has 2 aromatic rings. The summed E-state index contributed by atoms with van der Waals surface area (Å²) in [5.74, 6) is -1.64. The molecule has 0 radical (unpaired) electrons. The lowest BCUT2D eigenvalue weighted by Gasteiger charge is -2.36. The lowest BCUT2D eigenvalue weighted by Crippen LogP contribution is -2.60. The Bertz CT molecular complexity index is 1820. The van der Waals surface area contributed by atoms with Gasteiger partial charge >= 0.3 is 16.4 Å². The topological polar surface area (TPSA) is 192 Å². The van der Waals surface area contributed by atoms with E-state index in [2.05, 4.69) is 15.6 Å². The molecule has 5 rings (SSSR count). The quantitative estimate of drug-likeness (QED) is 0.307. The van der Waals surface area contributed by atoms with E-state index in [-0.39, 0.29) is 25.3 Å². The first kappa shape index (κ1) is 38.1. The second kappa shape index (κ2) is 13.4. The van der Waals surface area contributed by atoms with E-state index in [4.69, 9.17) is 18.4 Å². The second-order valence-corrected chi connectivity index (χ2v) is 17.4. The van der Waals surface area contributed by atoms with Gasteiger partial charge in [0.15, 0.2) is 0 Å². The van der Waals surface area contributed by atoms with Crippen molar-refractivity contribution in [3.8, 4) is 11.6 Å². The van der Waals surface area contributed by atoms with Crippen molar-refractivity contribution in [3.63, 3.8) is 0 Å². The van der Waals surface area contributed by atoms with Crippen LogP contribution in [0, 0.1) is 11.3 Å². The molecule has 0 bridgehead atoms. The van der Waals surface area contributed by atoms with Gasteiger partial charge in [0.1, 0.15) is 35.1 Å². The highest BCUT2D eigenvalue weighted by atomic mass is 32.2. The van der Waals surface area contributed by atoms with Crippen LogP contribution in [-0.4, -0.2) is 90.7 Å². The van der Waals surface area contributed by atoms with E-state index in [1.54, 1.807) is 86.9 Å². The van der Waals surface area contributed by atoms with Crippen molar-refractivity contribution in [1.29, 1.82) is 0 Å². The van der Waals surface area contributed by atoms with E-state index in [0.717, 1.165) is 5.39 Å². The molecule has 3 fully saturated rings. The molecule has 2 aliphatic carbocycles. The zero-order valence-corrected chi connectivity index (χ0v) is 31.4. The minimum absolute atomic E-state index is 0.0148. The summed E-state index contributed by atoms with van der Waals surface area (Å²) in [4.78, 5) is 60.6. The number of likely N-dealkylation sites (tertiary alicyclic amines) is 1. The largest absolute Gasteiger partial charge is 0.497 e. The minimum atomic E-state index is -4.44. The number of fused-ring (bicyclic) bond motifs is 1. The highest BCUT2D eigenvalue weighted by molar-refractivity contribution is 7.85. The number of hydrogen-bond acceptors (Lipinski definition) is 11. The van der Waals surface area contributed by atoms with Gasteiger partial charge in [-0.05, 0) is 87.9 Å². The molecule has 1 aromatic heterocycles. The molecule has 4 amide bonds. The van der Waals surface area contributed by atoms with Crippen LogP contribution < -0.4 is 24.8 Å². The first-order valence-electron chi connectivity index (χ1n) is 17.0. The molecule has 1 aliphatic heterocycles. The van der Waals surface area contributed by atoms with E-state index in [1.807, 2.05) is 10.8 Å². The maximum absolute atomic E-state index is 14.4. The first-order chi connectivity index (χ1) is 23.5. The number of nitrogens with zero attached hydrogens (tertiary/aromatic N) is 2. The number of nitrogens with one attached hydrogen (secondary N) is 3. The summed E-state index contributed by atoms with van der Waals surface area (Å²) in [6, 6.07) is 4.94. The monoisotopic (exact) mass is 731 g/mol. The number of ether oxygens (including phenoxy) is 3. The van der Waals surface area contributed by atoms with Crippen LogP contribution in [0.2, 0.25) is 0 Å². The van der Waals surface area contributed by atoms with Gasteiger partial charge in [-0.1, -0.05) is 27.7 Å². The molecule has 15 nitrogen and oxygen atoms in total. The molecule has 0 unspecified atom stereocenters. The van der Waals surface area contributed by atoms with Crippen molar-refractivity contribution < 1.29 is 46.0 Å². The molecular formula is C35H49N5O10S. The van der Waals surface area contributed by atoms with Crippen molar-refractivity contribution >= 4 is 44.9 Å². The number of aromatic nitrogens is 1. The normalized spacial score (nSPS) is 24.6. The van der Waals surface area contributed by atoms with E-state index in [0.29, 0.717) is 24.0 Å². The van der Waals surface area contributed by atoms with Crippen LogP contribution in [0.15, 0.2) is 30.5 Å². The Hall–Kier alpha value is -4.18. The number of rotatable bonds is 11. The summed E-state index contributed by atoms with van der Waals surface area (Å²) < 4.78 is 49.6. The van der Waals surface area contributed by atoms with Gasteiger partial charge in [0, 0.05) is 18.0 Å². The number of carbonyl (C=O) groups is 4. The smallest absolute Gasteiger partial charge is 0.408 e. The Morgan fingerprint density at radius 2 is 1.73 bits per heavy atom. The fourth-order valence-corrected chi connectivity index (χ4v) is 7.29. The van der Waals surface area contributed by atoms with Crippen molar-refractivity contribution in [2.24, 2.45) is 11.3 Å². The summed E-state index contributed by atoms with van der Waals surface area (Å²) in [6.45, 7) is 13.7. The lowest BCUT2D eigenvalue weighted by molar-refractivity contribution is -0.143. The average molecular weight is 732 g/mol. The van der Waals surface area contributed by atoms with Crippen LogP contribution >= 0.6 is 0 Å². The van der Waals surface area contributed by atoms with Crippen LogP contribution in [0.25, 0.3) is 10.8 Å². The Labute approximate surface area is 298 Å². The lowest BCUT2D eigenvalue weighted by atomic mass is 9.85. The van der Waals surface area contributed by atoms with Gasteiger partial charge in [-0.15, -0.1) is 0 Å². The molecule has 3 N–H and O–H groups in total. The highest BCUT2D eigenvalue weighted by Crippen LogP contribution is 2.45. The van der Waals surface area contributed by atoms with E-state index < -0.39 is 80.4 Å². The van der Waals surface area contributed by atoms with Gasteiger partial charge in [-0.2, -0.15) is 8.42 Å². The molecule has 2 saturated carbocycles. The number of alkyl carbamates (subject to hydrolysis) is 1. The van der Waals surface area contributed by atoms with Crippen LogP contribution in [0.3, 0.4) is 0 Å². The van der Waals surface area contributed by atoms with Gasteiger partial charge in [-0.3, -0.25) is 14.4 Å². The third-order valence-electron chi connectivity index (χ3n) is 9.38. The number of amides is 4. The molecule has 51 heavy (non-hydrogen) atoms. The molecule has 2 heterocycles. The molecule has 280 valence electrons. The van der Waals surface area contributed by atoms with Crippen molar-refractivity contribution in [3.05, 3.63) is 30.5 Å². The zero-order chi connectivity index (χ0) is 37.7. The molecule has 3 aliphatic rings. The third kappa shape index (κ3) is 8.83. The Balaban J connectivity index is 1.42. The molecule has 0 spiro atoms. The molecular weight excluding hydrogens is 682 g/mol. The fraction of sp³-hybridized carbons (Fsp3) is 0.629. The van der Waals surface area contributed by atoms with Gasteiger partial charge in [0.05, 0.1) is 19.3 Å². The van der Waals surface area contributed by atoms with Crippen LogP contribution in [0.5, 0.6) is 11.6 Å². The summed E-state index contributed by atoms with van der Waals surface area (Å²) in [5, 5.41) is 6.94. The number of pyridine rings is 1. The molecule has 16 heteroatoms. The molecule has 1 aromatic carbocycles. The third-order valence-corrected chi connectivity index (χ3v) is 10.4. The fourth-order valence-electron chi connectivity index (χ4n) is 6.15. The number of hydrogen-bond donors (Lipinski definition) is 3. The SMILES string of the molecule is COc1ccc2c(O[C@@H]3C[C@@H](C(=O)N[C@]4(C(=O)NS(=O)(=O)OC5(C)CC5)C[C@H]4C)N(C(=O)[C@@H](NC(=O)OC(C)(C)C)C(C)(C)C)C3)nccc2c1. The summed E-state index contributed by atoms with van der Waals surface area (Å²) in [5.41, 5.74) is -4.05. The molecule has 5 atom stereocenters. The van der Waals surface area contributed by atoms with E-state index in [1.165, 1.54) is 4.90 Å². The van der Waals surface area contributed by atoms with Gasteiger partial charge in [0.25, 0.3) is 5.91 Å². The van der Waals surface area contributed by atoms with Crippen LogP contribution in [0.1, 0.15) is 81.1 Å². The predicted molar refractivity (Wildman–Crippen MR) is 186 cm³/mol. The van der Waals surface area contributed by atoms with Crippen molar-refractivity contribution in [2.45, 2.75) is 116 Å². The maximum atomic E-state index is 14.4. The van der Waals surface area contributed by atoms with Crippen LogP contribution in [0.4, 0.5) is 4.79 Å². The standard InChI is InChI=1S/C35H49N5O10S/c1-20-18-35(20,30(43)39-51(45,46)50-34(8)13-14-34)38-27(41)25-17-23(48-28-24-11-10-22(47-9)16-21(24)12-15-36-28)19-40(25)29(42)26(32(2,3)4)37-31(44)49-33(5,6)7/h10-12,15-16,20,23,25-26H,13-14,17-19H2,1-9H3,(H,37,44)(H,38,41)(H,39,43)/t20-,23-,25+,26-,35-/m1/s1. The highest BCUT2D eigenvalue weighted by Gasteiger charge is 2.61. The number of carbonyl (C=O) groups excluding carboxylic acids is 4. The van der Waals surface area contributed by atoms with Crippen molar-refractivity contribution in [2.75, 3.05) is 13.7 Å². The first-order valence-corrected chi connectivity index (χ1v) is 18.4. The minimum Gasteiger partial charge on any atom is -0.497 e. The Kier molecular flexibility index (Phi) is 10.0. The van der Waals surface area contributed by atoms with E-state index in [9.17, 15) is 27.6 Å². The Morgan fingerprint density at radius 1 is 1.06 bits per heavy atom. The molecule has 1 saturated heterocycles. The average Bonchev–Trinajstić information content (AvgIpc) is 3.84. The van der Waals surface area contributed by atoms with E-state index >= 15 is 0 Å². The maximum Gasteiger partial charge on any atom is 0.408 e. The Morgan fingerprint density at radius 3 is 2.29 bits per heavy atom. The number of methoxy groups -OCH3 is 1. The van der Waals surface area contributed by atoms with Crippen molar-refractivity contribution in [1.82, 2.24) is 25.2 Å². The number of benzene rings is 1. The summed E-state index contributed by atoms with van der Waals surface area (Å²) in [7, 11) is -2.88. The van der Waals surface area contributed by atoms with Gasteiger partial charge in [0.2, 0.25) is 17.7 Å². The van der Waals surface area contributed by atoms with Gasteiger partial charge in [-0.25, -0.2) is 18.7 Å². The van der Waals surface area contributed by atoms with Crippen LogP contribution in [-0.2, 0) is 33.6 Å². The second-order valence-electron chi connectivity index (χ2n) is 16.1. The zero-order valence-electron chi connectivity index (χ0n) is 30.6. The van der Waals surface area contributed by atoms with Gasteiger partial charge < -0.3 is 29.7 Å². The predicted octanol–water partition coefficient (Wildman–Crippen LogP) is 3.36. The summed E-state index contributed by atoms with van der Waals surface area (Å²) in [6.07, 6.45) is 1.32.